The molecular formula is C30H40N2O5. The predicted octanol–water partition coefficient (Wildman–Crippen LogP) is 3.18. The third kappa shape index (κ3) is 4.50. The number of para-hydroxylation sites is 1. The van der Waals surface area contributed by atoms with Gasteiger partial charge in [0.25, 0.3) is 0 Å². The summed E-state index contributed by atoms with van der Waals surface area (Å²) in [5.41, 5.74) is 2.49. The second-order valence-corrected chi connectivity index (χ2v) is 12.1. The standard InChI is InChI=1S/C30H40N2O5/c1-17(2)13-25(34)32(16-18-9-10-19-14-22(18)30(19,3)4)23-15-21(29(36)31-11-12-33)26-20-7-5-6-8-24(20)37-28(26)27(23)35/h5-8,13,15,18-19,22-23,26-28,33,35H,9-12,14,16H2,1-4H3,(H,31,36). The highest BCUT2D eigenvalue weighted by molar-refractivity contribution is 5.96. The maximum absolute atomic E-state index is 13.6. The van der Waals surface area contributed by atoms with E-state index >= 15 is 0 Å². The SMILES string of the molecule is CC(C)=CC(=O)N(CC1CCC2CC1C2(C)C)C1C=C(C(=O)NCCO)C2c3ccccc3OC2C1O. The quantitative estimate of drug-likeness (QED) is 0.492. The third-order valence-electron chi connectivity index (χ3n) is 9.36. The lowest BCUT2D eigenvalue weighted by atomic mass is 9.45. The van der Waals surface area contributed by atoms with Crippen molar-refractivity contribution in [3.05, 3.63) is 53.1 Å². The van der Waals surface area contributed by atoms with Gasteiger partial charge in [-0.1, -0.05) is 37.6 Å². The Morgan fingerprint density at radius 3 is 2.65 bits per heavy atom. The van der Waals surface area contributed by atoms with Gasteiger partial charge in [-0.15, -0.1) is 0 Å². The Hall–Kier alpha value is -2.64. The summed E-state index contributed by atoms with van der Waals surface area (Å²) >= 11 is 0. The average molecular weight is 509 g/mol. The van der Waals surface area contributed by atoms with E-state index < -0.39 is 24.2 Å². The molecule has 1 heterocycles. The van der Waals surface area contributed by atoms with Crippen molar-refractivity contribution in [3.63, 3.8) is 0 Å². The first kappa shape index (κ1) is 26.0. The van der Waals surface area contributed by atoms with Gasteiger partial charge < -0.3 is 25.2 Å². The van der Waals surface area contributed by atoms with Crippen LogP contribution in [0.4, 0.5) is 0 Å². The highest BCUT2D eigenvalue weighted by atomic mass is 16.5. The molecule has 4 aliphatic carbocycles. The molecule has 7 heteroatoms. The van der Waals surface area contributed by atoms with Gasteiger partial charge in [0.05, 0.1) is 18.6 Å². The maximum Gasteiger partial charge on any atom is 0.247 e. The Morgan fingerprint density at radius 1 is 1.22 bits per heavy atom. The van der Waals surface area contributed by atoms with Gasteiger partial charge in [-0.05, 0) is 68.4 Å². The topological polar surface area (TPSA) is 99.1 Å². The lowest BCUT2D eigenvalue weighted by molar-refractivity contribution is -0.142. The normalized spacial score (nSPS) is 32.6. The second-order valence-electron chi connectivity index (χ2n) is 12.1. The molecule has 0 spiro atoms. The molecule has 2 bridgehead atoms. The lowest BCUT2D eigenvalue weighted by Crippen LogP contribution is -2.59. The van der Waals surface area contributed by atoms with Crippen molar-refractivity contribution < 1.29 is 24.5 Å². The number of hydrogen-bond donors (Lipinski definition) is 3. The van der Waals surface area contributed by atoms with Gasteiger partial charge in [0.15, 0.2) is 0 Å². The molecule has 3 saturated carbocycles. The van der Waals surface area contributed by atoms with Crippen LogP contribution in [-0.2, 0) is 9.59 Å². The number of ether oxygens (including phenoxy) is 1. The number of nitrogens with zero attached hydrogens (tertiary/aromatic N) is 1. The van der Waals surface area contributed by atoms with Crippen LogP contribution in [0.1, 0.15) is 58.4 Å². The van der Waals surface area contributed by atoms with E-state index in [4.69, 9.17) is 4.74 Å². The number of nitrogens with one attached hydrogen (secondary N) is 1. The van der Waals surface area contributed by atoms with Gasteiger partial charge in [-0.3, -0.25) is 9.59 Å². The van der Waals surface area contributed by atoms with Crippen LogP contribution in [0.15, 0.2) is 47.6 Å². The fourth-order valence-corrected chi connectivity index (χ4v) is 7.31. The molecule has 7 nitrogen and oxygen atoms in total. The summed E-state index contributed by atoms with van der Waals surface area (Å²) in [5.74, 6) is 1.40. The smallest absolute Gasteiger partial charge is 0.247 e. The van der Waals surface area contributed by atoms with Crippen molar-refractivity contribution in [1.82, 2.24) is 10.2 Å². The molecule has 37 heavy (non-hydrogen) atoms. The molecule has 0 radical (unpaired) electrons. The van der Waals surface area contributed by atoms with Crippen molar-refractivity contribution in [2.75, 3.05) is 19.7 Å². The summed E-state index contributed by atoms with van der Waals surface area (Å²) in [6, 6.07) is 6.84. The first-order valence-electron chi connectivity index (χ1n) is 13.6. The van der Waals surface area contributed by atoms with E-state index in [-0.39, 0.29) is 30.4 Å². The van der Waals surface area contributed by atoms with Gasteiger partial charge in [-0.25, -0.2) is 0 Å². The maximum atomic E-state index is 13.6. The van der Waals surface area contributed by atoms with E-state index in [0.717, 1.165) is 23.5 Å². The fraction of sp³-hybridized carbons (Fsp3) is 0.600. The number of aliphatic hydroxyl groups excluding tert-OH is 2. The molecule has 7 unspecified atom stereocenters. The van der Waals surface area contributed by atoms with Crippen molar-refractivity contribution in [3.8, 4) is 5.75 Å². The van der Waals surface area contributed by atoms with Crippen LogP contribution in [-0.4, -0.2) is 64.9 Å². The van der Waals surface area contributed by atoms with Crippen LogP contribution in [0.3, 0.4) is 0 Å². The first-order chi connectivity index (χ1) is 17.6. The van der Waals surface area contributed by atoms with E-state index in [1.807, 2.05) is 38.1 Å². The van der Waals surface area contributed by atoms with E-state index in [1.165, 1.54) is 12.8 Å². The van der Waals surface area contributed by atoms with Crippen molar-refractivity contribution in [2.45, 2.75) is 71.1 Å². The third-order valence-corrected chi connectivity index (χ3v) is 9.36. The van der Waals surface area contributed by atoms with Crippen molar-refractivity contribution >= 4 is 11.8 Å². The number of benzene rings is 1. The average Bonchev–Trinajstić information content (AvgIpc) is 3.26. The minimum absolute atomic E-state index is 0.129. The summed E-state index contributed by atoms with van der Waals surface area (Å²) in [6.45, 7) is 8.97. The summed E-state index contributed by atoms with van der Waals surface area (Å²) in [6.07, 6.45) is 5.16. The molecule has 0 saturated heterocycles. The number of hydrogen-bond acceptors (Lipinski definition) is 5. The zero-order valence-corrected chi connectivity index (χ0v) is 22.3. The molecule has 6 rings (SSSR count). The minimum atomic E-state index is -0.993. The molecule has 200 valence electrons. The zero-order chi connectivity index (χ0) is 26.5. The van der Waals surface area contributed by atoms with Crippen LogP contribution in [0.2, 0.25) is 0 Å². The Morgan fingerprint density at radius 2 is 1.97 bits per heavy atom. The Labute approximate surface area is 219 Å². The second kappa shape index (κ2) is 9.91. The van der Waals surface area contributed by atoms with Gasteiger partial charge in [0.2, 0.25) is 11.8 Å². The number of aliphatic hydroxyl groups is 2. The monoisotopic (exact) mass is 508 g/mol. The van der Waals surface area contributed by atoms with E-state index in [2.05, 4.69) is 19.2 Å². The molecule has 1 aromatic rings. The van der Waals surface area contributed by atoms with Crippen LogP contribution in [0, 0.1) is 23.2 Å². The van der Waals surface area contributed by atoms with Crippen LogP contribution >= 0.6 is 0 Å². The number of carbonyl (C=O) groups is 2. The molecule has 1 aromatic carbocycles. The molecule has 3 fully saturated rings. The number of allylic oxidation sites excluding steroid dienone is 1. The van der Waals surface area contributed by atoms with Gasteiger partial charge in [0, 0.05) is 30.3 Å². The fourth-order valence-electron chi connectivity index (χ4n) is 7.31. The van der Waals surface area contributed by atoms with Gasteiger partial charge in [-0.2, -0.15) is 0 Å². The molecular weight excluding hydrogens is 468 g/mol. The highest BCUT2D eigenvalue weighted by Gasteiger charge is 2.55. The number of carbonyl (C=O) groups excluding carboxylic acids is 2. The van der Waals surface area contributed by atoms with Crippen LogP contribution in [0.25, 0.3) is 0 Å². The number of amides is 2. The number of fused-ring (bicyclic) bond motifs is 5. The molecule has 2 amide bonds. The molecule has 3 N–H and O–H groups in total. The highest BCUT2D eigenvalue weighted by Crippen LogP contribution is 2.61. The van der Waals surface area contributed by atoms with Crippen molar-refractivity contribution in [1.29, 1.82) is 0 Å². The Balaban J connectivity index is 1.52. The van der Waals surface area contributed by atoms with E-state index in [9.17, 15) is 19.8 Å². The van der Waals surface area contributed by atoms with E-state index in [1.54, 1.807) is 17.1 Å². The molecule has 7 atom stereocenters. The molecule has 1 aliphatic heterocycles. The van der Waals surface area contributed by atoms with Gasteiger partial charge in [0.1, 0.15) is 18.0 Å². The van der Waals surface area contributed by atoms with Crippen LogP contribution < -0.4 is 10.1 Å². The predicted molar refractivity (Wildman–Crippen MR) is 141 cm³/mol. The Bertz CT molecular complexity index is 1120. The lowest BCUT2D eigenvalue weighted by Gasteiger charge is -2.61. The molecule has 5 aliphatic rings. The first-order valence-corrected chi connectivity index (χ1v) is 13.6. The number of rotatable bonds is 7. The summed E-state index contributed by atoms with van der Waals surface area (Å²) < 4.78 is 6.23. The summed E-state index contributed by atoms with van der Waals surface area (Å²) in [4.78, 5) is 28.7. The van der Waals surface area contributed by atoms with Crippen molar-refractivity contribution in [2.24, 2.45) is 23.2 Å². The zero-order valence-electron chi connectivity index (χ0n) is 22.3. The van der Waals surface area contributed by atoms with Crippen LogP contribution in [0.5, 0.6) is 5.75 Å². The largest absolute Gasteiger partial charge is 0.486 e. The summed E-state index contributed by atoms with van der Waals surface area (Å²) in [5, 5.41) is 23.8. The minimum Gasteiger partial charge on any atom is -0.486 e. The summed E-state index contributed by atoms with van der Waals surface area (Å²) in [7, 11) is 0. The Kier molecular flexibility index (Phi) is 6.96. The molecule has 0 aromatic heterocycles. The van der Waals surface area contributed by atoms with Gasteiger partial charge >= 0.3 is 0 Å². The van der Waals surface area contributed by atoms with E-state index in [0.29, 0.717) is 29.7 Å².